The summed E-state index contributed by atoms with van der Waals surface area (Å²) >= 11 is 0. The number of hydrogen-bond donors (Lipinski definition) is 0. The summed E-state index contributed by atoms with van der Waals surface area (Å²) < 4.78 is 0. The van der Waals surface area contributed by atoms with E-state index in [1.807, 2.05) is 0 Å². The van der Waals surface area contributed by atoms with E-state index < -0.39 is 0 Å². The fourth-order valence-corrected chi connectivity index (χ4v) is 6.01. The molecule has 5 aromatic rings. The van der Waals surface area contributed by atoms with Crippen molar-refractivity contribution in [1.82, 2.24) is 0 Å². The van der Waals surface area contributed by atoms with Gasteiger partial charge in [0.1, 0.15) is 0 Å². The molecular formula is C38H31N. The zero-order valence-corrected chi connectivity index (χ0v) is 22.1. The number of nitrogens with zero attached hydrogens (tertiary/aromatic N) is 1. The third kappa shape index (κ3) is 4.62. The minimum absolute atomic E-state index is 1.10. The van der Waals surface area contributed by atoms with Gasteiger partial charge in [-0.3, -0.25) is 0 Å². The molecule has 1 nitrogen and oxygen atoms in total. The van der Waals surface area contributed by atoms with Crippen molar-refractivity contribution in [3.63, 3.8) is 0 Å². The molecule has 2 aliphatic rings. The van der Waals surface area contributed by atoms with Crippen LogP contribution in [-0.2, 0) is 6.42 Å². The maximum atomic E-state index is 2.48. The van der Waals surface area contributed by atoms with Crippen LogP contribution < -0.4 is 4.90 Å². The van der Waals surface area contributed by atoms with Crippen LogP contribution in [0.1, 0.15) is 24.8 Å². The Bertz CT molecular complexity index is 1620. The van der Waals surface area contributed by atoms with Gasteiger partial charge in [-0.05, 0) is 113 Å². The van der Waals surface area contributed by atoms with Gasteiger partial charge >= 0.3 is 0 Å². The van der Waals surface area contributed by atoms with Crippen molar-refractivity contribution in [2.45, 2.75) is 25.7 Å². The van der Waals surface area contributed by atoms with Crippen molar-refractivity contribution >= 4 is 11.4 Å². The van der Waals surface area contributed by atoms with Crippen LogP contribution in [0, 0.1) is 0 Å². The van der Waals surface area contributed by atoms with Gasteiger partial charge in [-0.1, -0.05) is 97.1 Å². The maximum absolute atomic E-state index is 2.48. The van der Waals surface area contributed by atoms with Crippen LogP contribution in [-0.4, -0.2) is 0 Å². The maximum Gasteiger partial charge on any atom is 0.0493 e. The molecule has 5 aromatic carbocycles. The molecule has 0 atom stereocenters. The zero-order valence-electron chi connectivity index (χ0n) is 22.1. The predicted octanol–water partition coefficient (Wildman–Crippen LogP) is 10.4. The lowest BCUT2D eigenvalue weighted by atomic mass is 9.93. The molecule has 0 spiro atoms. The topological polar surface area (TPSA) is 3.24 Å². The van der Waals surface area contributed by atoms with Crippen LogP contribution in [0.2, 0.25) is 0 Å². The van der Waals surface area contributed by atoms with Crippen LogP contribution in [0.4, 0.5) is 11.4 Å². The molecule has 1 heterocycles. The first-order chi connectivity index (χ1) is 19.3. The first-order valence-electron chi connectivity index (χ1n) is 14.0. The number of allylic oxidation sites excluding steroid dienone is 3. The van der Waals surface area contributed by atoms with Gasteiger partial charge in [0.05, 0.1) is 0 Å². The summed E-state index contributed by atoms with van der Waals surface area (Å²) in [6, 6.07) is 46.4. The second-order valence-electron chi connectivity index (χ2n) is 10.5. The van der Waals surface area contributed by atoms with Crippen molar-refractivity contribution in [1.29, 1.82) is 0 Å². The van der Waals surface area contributed by atoms with Crippen LogP contribution in [0.25, 0.3) is 33.4 Å². The summed E-state index contributed by atoms with van der Waals surface area (Å²) in [5, 5.41) is 0. The normalized spacial score (nSPS) is 14.5. The average Bonchev–Trinajstić information content (AvgIpc) is 3.19. The number of hydrogen-bond acceptors (Lipinski definition) is 1. The second-order valence-corrected chi connectivity index (χ2v) is 10.5. The summed E-state index contributed by atoms with van der Waals surface area (Å²) in [6.07, 6.45) is 9.21. The lowest BCUT2D eigenvalue weighted by Gasteiger charge is -2.29. The third-order valence-electron chi connectivity index (χ3n) is 8.03. The molecular weight excluding hydrogens is 470 g/mol. The monoisotopic (exact) mass is 501 g/mol. The first kappa shape index (κ1) is 23.5. The Morgan fingerprint density at radius 3 is 1.67 bits per heavy atom. The lowest BCUT2D eigenvalue weighted by molar-refractivity contribution is 0.833. The molecule has 1 aliphatic carbocycles. The van der Waals surface area contributed by atoms with Gasteiger partial charge < -0.3 is 4.90 Å². The molecule has 39 heavy (non-hydrogen) atoms. The molecule has 0 N–H and O–H groups in total. The van der Waals surface area contributed by atoms with Gasteiger partial charge in [-0.2, -0.15) is 0 Å². The van der Waals surface area contributed by atoms with Crippen LogP contribution in [0.3, 0.4) is 0 Å². The van der Waals surface area contributed by atoms with Crippen LogP contribution in [0.15, 0.2) is 151 Å². The summed E-state index contributed by atoms with van der Waals surface area (Å²) in [6.45, 7) is 0. The Morgan fingerprint density at radius 1 is 0.462 bits per heavy atom. The summed E-state index contributed by atoms with van der Waals surface area (Å²) in [5.41, 5.74) is 14.3. The molecule has 0 saturated carbocycles. The molecule has 1 heteroatoms. The zero-order chi connectivity index (χ0) is 26.0. The average molecular weight is 502 g/mol. The first-order valence-corrected chi connectivity index (χ1v) is 14.0. The molecule has 0 aromatic heterocycles. The minimum Gasteiger partial charge on any atom is -0.310 e. The summed E-state index contributed by atoms with van der Waals surface area (Å²) in [5.74, 6) is 0. The third-order valence-corrected chi connectivity index (χ3v) is 8.03. The predicted molar refractivity (Wildman–Crippen MR) is 165 cm³/mol. The largest absolute Gasteiger partial charge is 0.310 e. The molecule has 1 aliphatic heterocycles. The summed E-state index contributed by atoms with van der Waals surface area (Å²) in [4.78, 5) is 2.48. The van der Waals surface area contributed by atoms with Gasteiger partial charge in [-0.25, -0.2) is 0 Å². The number of anilines is 2. The lowest BCUT2D eigenvalue weighted by Crippen LogP contribution is -2.18. The van der Waals surface area contributed by atoms with E-state index in [4.69, 9.17) is 0 Å². The van der Waals surface area contributed by atoms with E-state index in [1.54, 1.807) is 5.57 Å². The van der Waals surface area contributed by atoms with Crippen molar-refractivity contribution in [2.24, 2.45) is 0 Å². The molecule has 7 rings (SSSR count). The van der Waals surface area contributed by atoms with Crippen LogP contribution >= 0.6 is 0 Å². The van der Waals surface area contributed by atoms with Gasteiger partial charge in [0.2, 0.25) is 0 Å². The van der Waals surface area contributed by atoms with Gasteiger partial charge in [0.15, 0.2) is 0 Å². The van der Waals surface area contributed by atoms with E-state index in [0.29, 0.717) is 0 Å². The van der Waals surface area contributed by atoms with Crippen molar-refractivity contribution < 1.29 is 0 Å². The Labute approximate surface area is 231 Å². The number of rotatable bonds is 4. The van der Waals surface area contributed by atoms with Gasteiger partial charge in [0.25, 0.3) is 0 Å². The molecule has 0 unspecified atom stereocenters. The fourth-order valence-electron chi connectivity index (χ4n) is 6.01. The Morgan fingerprint density at radius 2 is 1.03 bits per heavy atom. The quantitative estimate of drug-likeness (QED) is 0.237. The van der Waals surface area contributed by atoms with Crippen molar-refractivity contribution in [2.75, 3.05) is 4.90 Å². The highest BCUT2D eigenvalue weighted by Gasteiger charge is 2.24. The van der Waals surface area contributed by atoms with Gasteiger partial charge in [0, 0.05) is 17.1 Å². The molecule has 188 valence electrons. The Hall–Kier alpha value is -4.62. The Kier molecular flexibility index (Phi) is 6.19. The van der Waals surface area contributed by atoms with Crippen molar-refractivity contribution in [3.8, 4) is 33.4 Å². The highest BCUT2D eigenvalue weighted by Crippen LogP contribution is 2.41. The van der Waals surface area contributed by atoms with Crippen molar-refractivity contribution in [3.05, 3.63) is 156 Å². The van der Waals surface area contributed by atoms with E-state index in [0.717, 1.165) is 25.7 Å². The Balaban J connectivity index is 1.32. The fraction of sp³-hybridized carbons (Fsp3) is 0.105. The summed E-state index contributed by atoms with van der Waals surface area (Å²) in [7, 11) is 0. The van der Waals surface area contributed by atoms with E-state index in [2.05, 4.69) is 144 Å². The number of fused-ring (bicyclic) bond motifs is 1. The molecule has 0 radical (unpaired) electrons. The standard InChI is InChI=1S/C38H31N/c1-3-11-28(12-4-1)33-25-34(29-13-5-2-6-14-29)27-35(26-33)30-21-23-36(24-22-30)39-37-17-9-7-15-31(37)19-20-32-16-8-10-18-38(32)39/h1-7,9-15,17-18,21-27H,8,16,19-20H2. The smallest absolute Gasteiger partial charge is 0.0493 e. The van der Waals surface area contributed by atoms with E-state index in [1.165, 1.54) is 56.0 Å². The molecule has 0 amide bonds. The number of para-hydroxylation sites is 1. The van der Waals surface area contributed by atoms with E-state index in [-0.39, 0.29) is 0 Å². The molecule has 0 bridgehead atoms. The molecule has 0 fully saturated rings. The minimum atomic E-state index is 1.10. The van der Waals surface area contributed by atoms with Crippen LogP contribution in [0.5, 0.6) is 0 Å². The highest BCUT2D eigenvalue weighted by molar-refractivity contribution is 5.82. The second kappa shape index (κ2) is 10.3. The highest BCUT2D eigenvalue weighted by atomic mass is 15.2. The number of aryl methyl sites for hydroxylation is 1. The van der Waals surface area contributed by atoms with E-state index >= 15 is 0 Å². The SMILES string of the molecule is C1=CC2=C(CC1)CCc1ccccc1N2c1ccc(-c2cc(-c3ccccc3)cc(-c3ccccc3)c2)cc1. The van der Waals surface area contributed by atoms with E-state index in [9.17, 15) is 0 Å². The number of benzene rings is 5. The van der Waals surface area contributed by atoms with Gasteiger partial charge in [-0.15, -0.1) is 0 Å². The molecule has 0 saturated heterocycles.